The molecule has 100 valence electrons. The van der Waals surface area contributed by atoms with E-state index in [2.05, 4.69) is 10.3 Å². The standard InChI is InChI=1S/C11H15FN2O3S/c1-7(3-4-18(2)17)14-10-9(11(15)16)5-8(12)6-13-10/h5-7H,3-4H2,1-2H3,(H,13,14)(H,15,16). The van der Waals surface area contributed by atoms with Gasteiger partial charge >= 0.3 is 5.97 Å². The summed E-state index contributed by atoms with van der Waals surface area (Å²) in [6.45, 7) is 1.82. The van der Waals surface area contributed by atoms with Crippen LogP contribution in [0, 0.1) is 5.82 Å². The third kappa shape index (κ3) is 4.40. The van der Waals surface area contributed by atoms with Gasteiger partial charge in [0.1, 0.15) is 17.2 Å². The summed E-state index contributed by atoms with van der Waals surface area (Å²) in [4.78, 5) is 14.7. The lowest BCUT2D eigenvalue weighted by atomic mass is 10.2. The van der Waals surface area contributed by atoms with Crippen molar-refractivity contribution in [3.63, 3.8) is 0 Å². The third-order valence-electron chi connectivity index (χ3n) is 2.31. The highest BCUT2D eigenvalue weighted by molar-refractivity contribution is 7.84. The number of halogens is 1. The summed E-state index contributed by atoms with van der Waals surface area (Å²) >= 11 is 0. The zero-order valence-corrected chi connectivity index (χ0v) is 11.0. The van der Waals surface area contributed by atoms with E-state index in [9.17, 15) is 13.4 Å². The largest absolute Gasteiger partial charge is 0.478 e. The van der Waals surface area contributed by atoms with Crippen molar-refractivity contribution in [1.82, 2.24) is 4.98 Å². The molecule has 7 heteroatoms. The van der Waals surface area contributed by atoms with E-state index < -0.39 is 22.6 Å². The predicted octanol–water partition coefficient (Wildman–Crippen LogP) is 1.49. The van der Waals surface area contributed by atoms with Crippen molar-refractivity contribution in [2.75, 3.05) is 17.3 Å². The van der Waals surface area contributed by atoms with E-state index in [1.165, 1.54) is 0 Å². The van der Waals surface area contributed by atoms with E-state index in [1.807, 2.05) is 6.92 Å². The first-order valence-electron chi connectivity index (χ1n) is 5.35. The van der Waals surface area contributed by atoms with Gasteiger partial charge in [-0.05, 0) is 19.4 Å². The van der Waals surface area contributed by atoms with Crippen LogP contribution in [0.15, 0.2) is 12.3 Å². The number of hydrogen-bond acceptors (Lipinski definition) is 4. The molecule has 5 nitrogen and oxygen atoms in total. The van der Waals surface area contributed by atoms with Crippen molar-refractivity contribution in [2.45, 2.75) is 19.4 Å². The molecule has 18 heavy (non-hydrogen) atoms. The summed E-state index contributed by atoms with van der Waals surface area (Å²) < 4.78 is 23.8. The Labute approximate surface area is 107 Å². The van der Waals surface area contributed by atoms with Gasteiger partial charge in [-0.3, -0.25) is 4.21 Å². The van der Waals surface area contributed by atoms with Gasteiger partial charge in [0.2, 0.25) is 0 Å². The Bertz CT molecular complexity index is 468. The fraction of sp³-hybridized carbons (Fsp3) is 0.455. The topological polar surface area (TPSA) is 79.3 Å². The first-order chi connectivity index (χ1) is 8.40. The van der Waals surface area contributed by atoms with Crippen LogP contribution >= 0.6 is 0 Å². The number of carboxylic acid groups (broad SMARTS) is 1. The lowest BCUT2D eigenvalue weighted by Crippen LogP contribution is -2.20. The molecule has 0 aliphatic rings. The van der Waals surface area contributed by atoms with Gasteiger partial charge in [0, 0.05) is 28.9 Å². The van der Waals surface area contributed by atoms with E-state index in [1.54, 1.807) is 6.26 Å². The van der Waals surface area contributed by atoms with Gasteiger partial charge in [0.15, 0.2) is 0 Å². The number of aromatic carboxylic acids is 1. The van der Waals surface area contributed by atoms with Gasteiger partial charge < -0.3 is 10.4 Å². The average molecular weight is 274 g/mol. The highest BCUT2D eigenvalue weighted by Crippen LogP contribution is 2.15. The van der Waals surface area contributed by atoms with Gasteiger partial charge in [-0.2, -0.15) is 0 Å². The molecule has 2 N–H and O–H groups in total. The molecular formula is C11H15FN2O3S. The molecule has 0 amide bonds. The van der Waals surface area contributed by atoms with E-state index in [0.717, 1.165) is 12.3 Å². The Morgan fingerprint density at radius 3 is 2.89 bits per heavy atom. The molecule has 0 bridgehead atoms. The average Bonchev–Trinajstić information content (AvgIpc) is 2.28. The smallest absolute Gasteiger partial charge is 0.339 e. The fourth-order valence-corrected chi connectivity index (χ4v) is 2.05. The summed E-state index contributed by atoms with van der Waals surface area (Å²) in [5.74, 6) is -1.30. The second-order valence-corrected chi connectivity index (χ2v) is 5.52. The molecule has 0 spiro atoms. The molecule has 1 aromatic heterocycles. The molecule has 2 atom stereocenters. The van der Waals surface area contributed by atoms with E-state index in [-0.39, 0.29) is 17.4 Å². The van der Waals surface area contributed by atoms with Crippen molar-refractivity contribution in [1.29, 1.82) is 0 Å². The van der Waals surface area contributed by atoms with Crippen molar-refractivity contribution >= 4 is 22.6 Å². The monoisotopic (exact) mass is 274 g/mol. The summed E-state index contributed by atoms with van der Waals surface area (Å²) in [6.07, 6.45) is 3.17. The molecule has 0 aliphatic heterocycles. The number of anilines is 1. The molecule has 0 saturated heterocycles. The third-order valence-corrected chi connectivity index (χ3v) is 3.12. The van der Waals surface area contributed by atoms with Gasteiger partial charge in [0.05, 0.1) is 6.20 Å². The van der Waals surface area contributed by atoms with Crippen LogP contribution in [-0.2, 0) is 10.8 Å². The van der Waals surface area contributed by atoms with Crippen LogP contribution in [-0.4, -0.2) is 38.3 Å². The minimum atomic E-state index is -1.24. The zero-order chi connectivity index (χ0) is 13.7. The number of nitrogens with zero attached hydrogens (tertiary/aromatic N) is 1. The highest BCUT2D eigenvalue weighted by atomic mass is 32.2. The van der Waals surface area contributed by atoms with Crippen molar-refractivity contribution in [2.24, 2.45) is 0 Å². The Morgan fingerprint density at radius 1 is 1.67 bits per heavy atom. The molecule has 1 aromatic rings. The Morgan fingerprint density at radius 2 is 2.33 bits per heavy atom. The normalized spacial score (nSPS) is 13.9. The summed E-state index contributed by atoms with van der Waals surface area (Å²) in [5, 5.41) is 11.8. The number of aromatic nitrogens is 1. The van der Waals surface area contributed by atoms with Gasteiger partial charge in [-0.1, -0.05) is 0 Å². The first kappa shape index (κ1) is 14.6. The summed E-state index contributed by atoms with van der Waals surface area (Å²) in [7, 11) is -0.899. The van der Waals surface area contributed by atoms with Crippen LogP contribution < -0.4 is 5.32 Å². The molecule has 0 saturated carbocycles. The maximum atomic E-state index is 12.9. The Hall–Kier alpha value is -1.50. The molecule has 1 heterocycles. The van der Waals surface area contributed by atoms with Crippen LogP contribution in [0.2, 0.25) is 0 Å². The Balaban J connectivity index is 2.77. The number of hydrogen-bond donors (Lipinski definition) is 2. The maximum absolute atomic E-state index is 12.9. The molecule has 0 radical (unpaired) electrons. The lowest BCUT2D eigenvalue weighted by molar-refractivity contribution is 0.0697. The van der Waals surface area contributed by atoms with Crippen LogP contribution in [0.5, 0.6) is 0 Å². The molecule has 2 unspecified atom stereocenters. The maximum Gasteiger partial charge on any atom is 0.339 e. The molecule has 0 fully saturated rings. The Kier molecular flexibility index (Phi) is 5.21. The number of nitrogens with one attached hydrogen (secondary N) is 1. The first-order valence-corrected chi connectivity index (χ1v) is 7.08. The van der Waals surface area contributed by atoms with Crippen molar-refractivity contribution in [3.05, 3.63) is 23.6 Å². The number of carbonyl (C=O) groups is 1. The molecule has 1 rings (SSSR count). The van der Waals surface area contributed by atoms with Gasteiger partial charge in [-0.15, -0.1) is 0 Å². The number of pyridine rings is 1. The highest BCUT2D eigenvalue weighted by Gasteiger charge is 2.14. The predicted molar refractivity (Wildman–Crippen MR) is 67.8 cm³/mol. The summed E-state index contributed by atoms with van der Waals surface area (Å²) in [6, 6.07) is 0.826. The zero-order valence-electron chi connectivity index (χ0n) is 10.1. The van der Waals surface area contributed by atoms with Crippen LogP contribution in [0.3, 0.4) is 0 Å². The number of rotatable bonds is 6. The van der Waals surface area contributed by atoms with E-state index in [4.69, 9.17) is 5.11 Å². The van der Waals surface area contributed by atoms with Crippen LogP contribution in [0.25, 0.3) is 0 Å². The van der Waals surface area contributed by atoms with E-state index >= 15 is 0 Å². The molecule has 0 aliphatic carbocycles. The lowest BCUT2D eigenvalue weighted by Gasteiger charge is -2.15. The molecular weight excluding hydrogens is 259 g/mol. The van der Waals surface area contributed by atoms with Gasteiger partial charge in [0.25, 0.3) is 0 Å². The minimum absolute atomic E-state index is 0.0926. The second-order valence-electron chi connectivity index (χ2n) is 3.97. The molecule has 0 aromatic carbocycles. The van der Waals surface area contributed by atoms with Crippen LogP contribution in [0.4, 0.5) is 10.2 Å². The van der Waals surface area contributed by atoms with E-state index in [0.29, 0.717) is 12.2 Å². The summed E-state index contributed by atoms with van der Waals surface area (Å²) in [5.41, 5.74) is -0.209. The van der Waals surface area contributed by atoms with Crippen molar-refractivity contribution in [3.8, 4) is 0 Å². The van der Waals surface area contributed by atoms with Crippen LogP contribution in [0.1, 0.15) is 23.7 Å². The van der Waals surface area contributed by atoms with Crippen molar-refractivity contribution < 1.29 is 18.5 Å². The fourth-order valence-electron chi connectivity index (χ4n) is 1.37. The SMILES string of the molecule is CC(CCS(C)=O)Nc1ncc(F)cc1C(=O)O. The number of carboxylic acids is 1. The quantitative estimate of drug-likeness (QED) is 0.821. The van der Waals surface area contributed by atoms with Gasteiger partial charge in [-0.25, -0.2) is 14.2 Å². The minimum Gasteiger partial charge on any atom is -0.478 e. The second kappa shape index (κ2) is 6.44.